The van der Waals surface area contributed by atoms with Crippen molar-refractivity contribution in [1.82, 2.24) is 14.8 Å². The molecule has 1 aliphatic heterocycles. The molecule has 3 aromatic rings. The second-order valence-corrected chi connectivity index (χ2v) is 11.8. The molecule has 1 amide bonds. The summed E-state index contributed by atoms with van der Waals surface area (Å²) in [5.74, 6) is -0.0873. The van der Waals surface area contributed by atoms with Gasteiger partial charge in [0, 0.05) is 25.5 Å². The van der Waals surface area contributed by atoms with Crippen LogP contribution in [0.25, 0.3) is 0 Å². The van der Waals surface area contributed by atoms with Crippen molar-refractivity contribution in [3.05, 3.63) is 87.1 Å². The van der Waals surface area contributed by atoms with Crippen LogP contribution in [0.15, 0.2) is 65.7 Å². The average molecular weight is 582 g/mol. The number of carbonyl (C=O) groups is 1. The summed E-state index contributed by atoms with van der Waals surface area (Å²) in [6.45, 7) is 2.54. The van der Waals surface area contributed by atoms with Gasteiger partial charge >= 0.3 is 0 Å². The normalized spacial score (nSPS) is 14.9. The molecule has 1 atom stereocenters. The summed E-state index contributed by atoms with van der Waals surface area (Å²) in [5.41, 5.74) is 1.95. The van der Waals surface area contributed by atoms with Crippen LogP contribution in [0.2, 0.25) is 15.2 Å². The van der Waals surface area contributed by atoms with Gasteiger partial charge in [-0.05, 0) is 73.5 Å². The summed E-state index contributed by atoms with van der Waals surface area (Å²) in [4.78, 5) is 21.1. The molecular formula is C26H27Cl3N4O3S. The number of benzene rings is 2. The third-order valence-electron chi connectivity index (χ3n) is 6.37. The highest BCUT2D eigenvalue weighted by atomic mass is 35.5. The van der Waals surface area contributed by atoms with Gasteiger partial charge < -0.3 is 9.80 Å². The van der Waals surface area contributed by atoms with Gasteiger partial charge in [0.2, 0.25) is 5.91 Å². The van der Waals surface area contributed by atoms with Crippen LogP contribution in [0.1, 0.15) is 30.0 Å². The molecule has 0 bridgehead atoms. The summed E-state index contributed by atoms with van der Waals surface area (Å²) in [6.07, 6.45) is 3.81. The van der Waals surface area contributed by atoms with E-state index in [4.69, 9.17) is 34.8 Å². The van der Waals surface area contributed by atoms with E-state index in [1.807, 2.05) is 6.07 Å². The smallest absolute Gasteiger partial charge is 0.264 e. The number of hydrogen-bond donors (Lipinski definition) is 1. The minimum absolute atomic E-state index is 0.0873. The highest BCUT2D eigenvalue weighted by Gasteiger charge is 2.27. The molecule has 0 aliphatic carbocycles. The summed E-state index contributed by atoms with van der Waals surface area (Å²) in [6, 6.07) is 14.9. The minimum Gasteiger partial charge on any atom is -0.337 e. The number of nitrogens with one attached hydrogen (secondary N) is 1. The Kier molecular flexibility index (Phi) is 8.98. The lowest BCUT2D eigenvalue weighted by molar-refractivity contribution is -0.131. The van der Waals surface area contributed by atoms with E-state index in [2.05, 4.69) is 14.6 Å². The van der Waals surface area contributed by atoms with E-state index < -0.39 is 10.0 Å². The fourth-order valence-electron chi connectivity index (χ4n) is 4.38. The monoisotopic (exact) mass is 580 g/mol. The average Bonchev–Trinajstić information content (AvgIpc) is 3.38. The number of aromatic nitrogens is 1. The highest BCUT2D eigenvalue weighted by molar-refractivity contribution is 7.92. The van der Waals surface area contributed by atoms with E-state index >= 15 is 0 Å². The molecule has 1 aromatic heterocycles. The summed E-state index contributed by atoms with van der Waals surface area (Å²) in [7, 11) is -2.18. The second kappa shape index (κ2) is 12.0. The number of hydrogen-bond acceptors (Lipinski definition) is 5. The molecule has 2 aromatic carbocycles. The van der Waals surface area contributed by atoms with Gasteiger partial charge in [0.25, 0.3) is 10.0 Å². The van der Waals surface area contributed by atoms with Crippen molar-refractivity contribution in [1.29, 1.82) is 0 Å². The number of nitrogens with zero attached hydrogens (tertiary/aromatic N) is 3. The Bertz CT molecular complexity index is 1380. The molecule has 1 aliphatic rings. The SMILES string of the molecule is CN(C(=O)Cc1ccc(Cl)c(Cl)c1)[C@H](CN1CCCC1)c1cccc(NS(=O)(=O)c2cccnc2Cl)c1. The van der Waals surface area contributed by atoms with E-state index in [1.165, 1.54) is 18.3 Å². The molecule has 0 spiro atoms. The molecule has 1 fully saturated rings. The molecule has 1 N–H and O–H groups in total. The van der Waals surface area contributed by atoms with Crippen molar-refractivity contribution in [3.8, 4) is 0 Å². The summed E-state index contributed by atoms with van der Waals surface area (Å²) >= 11 is 18.2. The van der Waals surface area contributed by atoms with Gasteiger partial charge in [0.15, 0.2) is 0 Å². The number of anilines is 1. The van der Waals surface area contributed by atoms with Crippen LogP contribution in [0.4, 0.5) is 5.69 Å². The molecule has 0 saturated carbocycles. The van der Waals surface area contributed by atoms with Crippen molar-refractivity contribution in [2.45, 2.75) is 30.2 Å². The van der Waals surface area contributed by atoms with Crippen LogP contribution in [0, 0.1) is 0 Å². The van der Waals surface area contributed by atoms with Gasteiger partial charge in [-0.3, -0.25) is 9.52 Å². The third kappa shape index (κ3) is 6.94. The maximum atomic E-state index is 13.3. The highest BCUT2D eigenvalue weighted by Crippen LogP contribution is 2.29. The van der Waals surface area contributed by atoms with Crippen LogP contribution >= 0.6 is 34.8 Å². The Balaban J connectivity index is 1.59. The number of rotatable bonds is 9. The molecule has 7 nitrogen and oxygen atoms in total. The Morgan fingerprint density at radius 1 is 1.05 bits per heavy atom. The van der Waals surface area contributed by atoms with Gasteiger partial charge in [-0.2, -0.15) is 0 Å². The van der Waals surface area contributed by atoms with E-state index in [-0.39, 0.29) is 28.4 Å². The lowest BCUT2D eigenvalue weighted by atomic mass is 10.0. The Hall–Kier alpha value is -2.36. The Morgan fingerprint density at radius 2 is 1.81 bits per heavy atom. The van der Waals surface area contributed by atoms with Crippen molar-refractivity contribution >= 4 is 56.4 Å². The molecular weight excluding hydrogens is 555 g/mol. The first-order valence-corrected chi connectivity index (χ1v) is 14.4. The molecule has 4 rings (SSSR count). The Morgan fingerprint density at radius 3 is 2.51 bits per heavy atom. The fourth-order valence-corrected chi connectivity index (χ4v) is 6.20. The number of likely N-dealkylation sites (tertiary alicyclic amines) is 1. The van der Waals surface area contributed by atoms with Gasteiger partial charge in [-0.25, -0.2) is 13.4 Å². The zero-order valence-corrected chi connectivity index (χ0v) is 23.3. The first-order valence-electron chi connectivity index (χ1n) is 11.8. The first-order chi connectivity index (χ1) is 17.6. The lowest BCUT2D eigenvalue weighted by Gasteiger charge is -2.32. The minimum atomic E-state index is -3.95. The van der Waals surface area contributed by atoms with Crippen LogP contribution in [0.5, 0.6) is 0 Å². The van der Waals surface area contributed by atoms with Crippen LogP contribution < -0.4 is 4.72 Å². The van der Waals surface area contributed by atoms with Gasteiger partial charge in [0.05, 0.1) is 22.5 Å². The number of pyridine rings is 1. The largest absolute Gasteiger partial charge is 0.337 e. The maximum absolute atomic E-state index is 13.3. The number of carbonyl (C=O) groups excluding carboxylic acids is 1. The zero-order valence-electron chi connectivity index (χ0n) is 20.2. The molecule has 2 heterocycles. The molecule has 37 heavy (non-hydrogen) atoms. The van der Waals surface area contributed by atoms with Gasteiger partial charge in [-0.1, -0.05) is 53.0 Å². The van der Waals surface area contributed by atoms with Crippen LogP contribution in [-0.4, -0.2) is 55.8 Å². The maximum Gasteiger partial charge on any atom is 0.264 e. The van der Waals surface area contributed by atoms with Crippen molar-refractivity contribution < 1.29 is 13.2 Å². The zero-order chi connectivity index (χ0) is 26.6. The Labute approximate surface area is 232 Å². The van der Waals surface area contributed by atoms with E-state index in [9.17, 15) is 13.2 Å². The first kappa shape index (κ1) is 27.7. The van der Waals surface area contributed by atoms with E-state index in [1.54, 1.807) is 48.3 Å². The standard InChI is InChI=1S/C26H27Cl3N4O3S/c1-32(25(34)15-18-9-10-21(27)22(28)14-18)23(17-33-12-2-3-13-33)19-6-4-7-20(16-19)31-37(35,36)24-8-5-11-30-26(24)29/h4-11,14,16,23,31H,2-3,12-13,15,17H2,1H3/t23-/m1/s1. The topological polar surface area (TPSA) is 82.6 Å². The van der Waals surface area contributed by atoms with Crippen LogP contribution in [0.3, 0.4) is 0 Å². The van der Waals surface area contributed by atoms with Crippen molar-refractivity contribution in [2.75, 3.05) is 31.4 Å². The number of likely N-dealkylation sites (N-methyl/N-ethyl adjacent to an activating group) is 1. The number of sulfonamides is 1. The lowest BCUT2D eigenvalue weighted by Crippen LogP contribution is -2.39. The van der Waals surface area contributed by atoms with Crippen molar-refractivity contribution in [2.24, 2.45) is 0 Å². The van der Waals surface area contributed by atoms with E-state index in [0.29, 0.717) is 22.3 Å². The molecule has 1 saturated heterocycles. The van der Waals surface area contributed by atoms with Crippen molar-refractivity contribution in [3.63, 3.8) is 0 Å². The van der Waals surface area contributed by atoms with Gasteiger partial charge in [-0.15, -0.1) is 0 Å². The third-order valence-corrected chi connectivity index (χ3v) is 8.93. The second-order valence-electron chi connectivity index (χ2n) is 8.98. The number of amides is 1. The summed E-state index contributed by atoms with van der Waals surface area (Å²) in [5, 5.41) is 0.729. The molecule has 0 radical (unpaired) electrons. The molecule has 11 heteroatoms. The quantitative estimate of drug-likeness (QED) is 0.329. The van der Waals surface area contributed by atoms with Gasteiger partial charge in [0.1, 0.15) is 10.0 Å². The number of halogens is 3. The summed E-state index contributed by atoms with van der Waals surface area (Å²) < 4.78 is 28.5. The predicted molar refractivity (Wildman–Crippen MR) is 148 cm³/mol. The molecule has 0 unspecified atom stereocenters. The molecule has 196 valence electrons. The predicted octanol–water partition coefficient (Wildman–Crippen LogP) is 5.68. The van der Waals surface area contributed by atoms with E-state index in [0.717, 1.165) is 37.1 Å². The van der Waals surface area contributed by atoms with Crippen LogP contribution in [-0.2, 0) is 21.2 Å². The fraction of sp³-hybridized carbons (Fsp3) is 0.308.